The molecule has 0 saturated carbocycles. The number of methoxy groups -OCH3 is 1. The van der Waals surface area contributed by atoms with Crippen LogP contribution in [0.1, 0.15) is 23.9 Å². The predicted octanol–water partition coefficient (Wildman–Crippen LogP) is 2.31. The fraction of sp³-hybridized carbons (Fsp3) is 0.333. The van der Waals surface area contributed by atoms with E-state index in [-0.39, 0.29) is 5.78 Å². The Morgan fingerprint density at radius 3 is 2.67 bits per heavy atom. The Morgan fingerprint density at radius 2 is 2.13 bits per heavy atom. The number of aromatic nitrogens is 1. The average molecular weight is 205 g/mol. The highest BCUT2D eigenvalue weighted by molar-refractivity contribution is 5.91. The van der Waals surface area contributed by atoms with Crippen LogP contribution in [-0.4, -0.2) is 17.9 Å². The van der Waals surface area contributed by atoms with Crippen LogP contribution in [0.15, 0.2) is 12.1 Å². The molecule has 3 nitrogen and oxygen atoms in total. The fourth-order valence-electron chi connectivity index (χ4n) is 1.43. The maximum absolute atomic E-state index is 10.8. The maximum atomic E-state index is 10.8. The third kappa shape index (κ3) is 2.91. The van der Waals surface area contributed by atoms with Crippen LogP contribution in [-0.2, 0) is 4.79 Å². The number of ketones is 1. The van der Waals surface area contributed by atoms with Crippen LogP contribution in [0.3, 0.4) is 0 Å². The van der Waals surface area contributed by atoms with Crippen LogP contribution in [0.25, 0.3) is 6.08 Å². The molecule has 0 atom stereocenters. The molecule has 1 rings (SSSR count). The van der Waals surface area contributed by atoms with Gasteiger partial charge in [0.1, 0.15) is 11.4 Å². The van der Waals surface area contributed by atoms with E-state index >= 15 is 0 Å². The van der Waals surface area contributed by atoms with Gasteiger partial charge in [-0.3, -0.25) is 4.79 Å². The van der Waals surface area contributed by atoms with Crippen molar-refractivity contribution in [3.8, 4) is 5.75 Å². The number of pyridine rings is 1. The SMILES string of the molecule is COc1c(C)cc(C)nc1/C=C/C(C)=O. The summed E-state index contributed by atoms with van der Waals surface area (Å²) >= 11 is 0. The number of hydrogen-bond donors (Lipinski definition) is 0. The van der Waals surface area contributed by atoms with Crippen molar-refractivity contribution in [3.63, 3.8) is 0 Å². The van der Waals surface area contributed by atoms with E-state index < -0.39 is 0 Å². The maximum Gasteiger partial charge on any atom is 0.152 e. The van der Waals surface area contributed by atoms with Gasteiger partial charge >= 0.3 is 0 Å². The lowest BCUT2D eigenvalue weighted by Gasteiger charge is -2.08. The first kappa shape index (κ1) is 11.4. The minimum atomic E-state index is -0.00184. The molecule has 0 aromatic carbocycles. The van der Waals surface area contributed by atoms with Crippen molar-refractivity contribution >= 4 is 11.9 Å². The molecule has 0 fully saturated rings. The molecule has 0 bridgehead atoms. The molecule has 1 heterocycles. The van der Waals surface area contributed by atoms with E-state index in [1.165, 1.54) is 13.0 Å². The lowest BCUT2D eigenvalue weighted by Crippen LogP contribution is -1.96. The lowest BCUT2D eigenvalue weighted by molar-refractivity contribution is -0.112. The Bertz CT molecular complexity index is 408. The van der Waals surface area contributed by atoms with Gasteiger partial charge in [-0.05, 0) is 44.6 Å². The number of aryl methyl sites for hydroxylation is 2. The molecule has 0 aliphatic heterocycles. The molecule has 0 aliphatic carbocycles. The molecule has 80 valence electrons. The standard InChI is InChI=1S/C12H15NO2/c1-8-7-9(2)13-11(12(8)15-4)6-5-10(3)14/h5-7H,1-4H3/b6-5+. The largest absolute Gasteiger partial charge is 0.494 e. The third-order valence-electron chi connectivity index (χ3n) is 1.99. The molecule has 15 heavy (non-hydrogen) atoms. The first-order valence-corrected chi connectivity index (χ1v) is 4.75. The van der Waals surface area contributed by atoms with Crippen molar-refractivity contribution in [3.05, 3.63) is 29.1 Å². The molecule has 0 saturated heterocycles. The highest BCUT2D eigenvalue weighted by Crippen LogP contribution is 2.23. The van der Waals surface area contributed by atoms with E-state index in [9.17, 15) is 4.79 Å². The number of rotatable bonds is 3. The Morgan fingerprint density at radius 1 is 1.47 bits per heavy atom. The normalized spacial score (nSPS) is 10.7. The van der Waals surface area contributed by atoms with E-state index in [0.717, 1.165) is 17.0 Å². The summed E-state index contributed by atoms with van der Waals surface area (Å²) < 4.78 is 5.24. The van der Waals surface area contributed by atoms with Crippen molar-refractivity contribution in [1.82, 2.24) is 4.98 Å². The molecule has 1 aromatic rings. The first-order chi connectivity index (χ1) is 7.04. The van der Waals surface area contributed by atoms with Crippen LogP contribution >= 0.6 is 0 Å². The topological polar surface area (TPSA) is 39.2 Å². The average Bonchev–Trinajstić information content (AvgIpc) is 2.13. The molecule has 0 spiro atoms. The summed E-state index contributed by atoms with van der Waals surface area (Å²) in [7, 11) is 1.60. The van der Waals surface area contributed by atoms with Crippen molar-refractivity contribution < 1.29 is 9.53 Å². The number of carbonyl (C=O) groups is 1. The van der Waals surface area contributed by atoms with Crippen molar-refractivity contribution in [2.75, 3.05) is 7.11 Å². The summed E-state index contributed by atoms with van der Waals surface area (Å²) in [5.41, 5.74) is 2.63. The van der Waals surface area contributed by atoms with Crippen LogP contribution in [0.2, 0.25) is 0 Å². The summed E-state index contributed by atoms with van der Waals surface area (Å²) in [6.07, 6.45) is 3.17. The Balaban J connectivity index is 3.20. The molecular weight excluding hydrogens is 190 g/mol. The number of ether oxygens (including phenoxy) is 1. The van der Waals surface area contributed by atoms with Crippen molar-refractivity contribution in [2.24, 2.45) is 0 Å². The van der Waals surface area contributed by atoms with Gasteiger partial charge in [0.15, 0.2) is 5.78 Å². The second kappa shape index (κ2) is 4.73. The first-order valence-electron chi connectivity index (χ1n) is 4.75. The van der Waals surface area contributed by atoms with Gasteiger partial charge in [0.25, 0.3) is 0 Å². The third-order valence-corrected chi connectivity index (χ3v) is 1.99. The quantitative estimate of drug-likeness (QED) is 0.711. The predicted molar refractivity (Wildman–Crippen MR) is 60.0 cm³/mol. The number of nitrogens with zero attached hydrogens (tertiary/aromatic N) is 1. The van der Waals surface area contributed by atoms with Crippen molar-refractivity contribution in [1.29, 1.82) is 0 Å². The van der Waals surface area contributed by atoms with Gasteiger partial charge in [-0.1, -0.05) is 0 Å². The minimum Gasteiger partial charge on any atom is -0.494 e. The minimum absolute atomic E-state index is 0.00184. The highest BCUT2D eigenvalue weighted by Gasteiger charge is 2.06. The van der Waals surface area contributed by atoms with Gasteiger partial charge in [0.2, 0.25) is 0 Å². The fourth-order valence-corrected chi connectivity index (χ4v) is 1.43. The van der Waals surface area contributed by atoms with Crippen molar-refractivity contribution in [2.45, 2.75) is 20.8 Å². The number of hydrogen-bond acceptors (Lipinski definition) is 3. The number of carbonyl (C=O) groups excluding carboxylic acids is 1. The monoisotopic (exact) mass is 205 g/mol. The Labute approximate surface area is 89.8 Å². The molecule has 3 heteroatoms. The van der Waals surface area contributed by atoms with Crippen LogP contribution in [0.4, 0.5) is 0 Å². The number of allylic oxidation sites excluding steroid dienone is 1. The lowest BCUT2D eigenvalue weighted by atomic mass is 10.1. The molecule has 1 aromatic heterocycles. The van der Waals surface area contributed by atoms with Gasteiger partial charge in [-0.15, -0.1) is 0 Å². The summed E-state index contributed by atoms with van der Waals surface area (Å²) in [4.78, 5) is 15.1. The molecule has 0 unspecified atom stereocenters. The van der Waals surface area contributed by atoms with E-state index in [1.807, 2.05) is 19.9 Å². The smallest absolute Gasteiger partial charge is 0.152 e. The van der Waals surface area contributed by atoms with Crippen LogP contribution < -0.4 is 4.74 Å². The van der Waals surface area contributed by atoms with Crippen LogP contribution in [0.5, 0.6) is 5.75 Å². The van der Waals surface area contributed by atoms with E-state index in [1.54, 1.807) is 13.2 Å². The summed E-state index contributed by atoms with van der Waals surface area (Å²) in [6.45, 7) is 5.38. The molecule has 0 N–H and O–H groups in total. The van der Waals surface area contributed by atoms with Gasteiger partial charge in [-0.25, -0.2) is 4.98 Å². The Kier molecular flexibility index (Phi) is 3.61. The Hall–Kier alpha value is -1.64. The summed E-state index contributed by atoms with van der Waals surface area (Å²) in [5.74, 6) is 0.719. The van der Waals surface area contributed by atoms with E-state index in [0.29, 0.717) is 5.69 Å². The van der Waals surface area contributed by atoms with Gasteiger partial charge in [0.05, 0.1) is 7.11 Å². The summed E-state index contributed by atoms with van der Waals surface area (Å²) in [5, 5.41) is 0. The van der Waals surface area contributed by atoms with Gasteiger partial charge < -0.3 is 4.74 Å². The van der Waals surface area contributed by atoms with Gasteiger partial charge in [0, 0.05) is 5.69 Å². The second-order valence-electron chi connectivity index (χ2n) is 3.44. The zero-order valence-corrected chi connectivity index (χ0v) is 9.50. The van der Waals surface area contributed by atoms with E-state index in [4.69, 9.17) is 4.74 Å². The van der Waals surface area contributed by atoms with E-state index in [2.05, 4.69) is 4.98 Å². The molecule has 0 radical (unpaired) electrons. The summed E-state index contributed by atoms with van der Waals surface area (Å²) in [6, 6.07) is 1.95. The zero-order chi connectivity index (χ0) is 11.4. The highest BCUT2D eigenvalue weighted by atomic mass is 16.5. The zero-order valence-electron chi connectivity index (χ0n) is 9.50. The molecule has 0 amide bonds. The molecule has 0 aliphatic rings. The van der Waals surface area contributed by atoms with Gasteiger partial charge in [-0.2, -0.15) is 0 Å². The second-order valence-corrected chi connectivity index (χ2v) is 3.44. The van der Waals surface area contributed by atoms with Crippen LogP contribution in [0, 0.1) is 13.8 Å². The molecular formula is C12H15NO2.